The van der Waals surface area contributed by atoms with Crippen LogP contribution in [0, 0.1) is 5.92 Å². The highest BCUT2D eigenvalue weighted by atomic mass is 16.3. The minimum Gasteiger partial charge on any atom is -0.393 e. The summed E-state index contributed by atoms with van der Waals surface area (Å²) in [7, 11) is 0. The van der Waals surface area contributed by atoms with Crippen molar-refractivity contribution in [3.05, 3.63) is 24.9 Å². The lowest BCUT2D eigenvalue weighted by Crippen LogP contribution is -2.35. The topological polar surface area (TPSA) is 87.9 Å². The van der Waals surface area contributed by atoms with E-state index in [1.165, 1.54) is 0 Å². The van der Waals surface area contributed by atoms with Crippen molar-refractivity contribution >= 4 is 11.8 Å². The highest BCUT2D eigenvalue weighted by Crippen LogP contribution is 2.28. The van der Waals surface area contributed by atoms with Crippen molar-refractivity contribution in [1.82, 2.24) is 19.5 Å². The van der Waals surface area contributed by atoms with Crippen LogP contribution in [0.2, 0.25) is 0 Å². The number of imidazole rings is 1. The normalized spacial score (nSPS) is 24.1. The number of aliphatic hydroxyl groups excluding tert-OH is 1. The summed E-state index contributed by atoms with van der Waals surface area (Å²) in [5.74, 6) is 1.70. The molecule has 0 spiro atoms. The fraction of sp³-hybridized carbons (Fsp3) is 0.611. The number of aliphatic hydroxyl groups is 1. The van der Waals surface area contributed by atoms with Gasteiger partial charge in [0.1, 0.15) is 5.69 Å². The first-order valence-electron chi connectivity index (χ1n) is 8.90. The molecule has 25 heavy (non-hydrogen) atoms. The zero-order valence-corrected chi connectivity index (χ0v) is 15.4. The van der Waals surface area contributed by atoms with E-state index in [0.717, 1.165) is 30.8 Å². The average Bonchev–Trinajstić information content (AvgIpc) is 3.04. The van der Waals surface area contributed by atoms with Gasteiger partial charge in [0.2, 0.25) is 5.95 Å². The Kier molecular flexibility index (Phi) is 4.94. The Bertz CT molecular complexity index is 694. The summed E-state index contributed by atoms with van der Waals surface area (Å²) in [4.78, 5) is 13.2. The third-order valence-corrected chi connectivity index (χ3v) is 4.53. The fourth-order valence-electron chi connectivity index (χ4n) is 3.09. The molecule has 1 saturated carbocycles. The van der Waals surface area contributed by atoms with Gasteiger partial charge in [-0.3, -0.25) is 0 Å². The van der Waals surface area contributed by atoms with Gasteiger partial charge in [-0.2, -0.15) is 4.98 Å². The van der Waals surface area contributed by atoms with E-state index in [1.54, 1.807) is 18.7 Å². The Morgan fingerprint density at radius 1 is 1.28 bits per heavy atom. The minimum absolute atomic E-state index is 0.121. The molecule has 0 unspecified atom stereocenters. The lowest BCUT2D eigenvalue weighted by atomic mass is 9.85. The molecule has 7 heteroatoms. The maximum absolute atomic E-state index is 10.2. The van der Waals surface area contributed by atoms with E-state index in [-0.39, 0.29) is 17.7 Å². The van der Waals surface area contributed by atoms with Gasteiger partial charge in [0.15, 0.2) is 5.82 Å². The molecular formula is C18H28N6O. The first-order valence-corrected chi connectivity index (χ1v) is 8.90. The Labute approximate surface area is 148 Å². The first-order chi connectivity index (χ1) is 11.8. The van der Waals surface area contributed by atoms with Crippen LogP contribution < -0.4 is 10.6 Å². The standard InChI is InChI=1S/C18H28N6O/c1-12-5-6-13(9-15(12)25)21-16-14(24-8-7-19-11-24)10-20-17(22-16)23-18(2,3)4/h7-8,10-13,15,25H,5-6,9H2,1-4H3,(H2,20,21,22,23)/t12-,13-,15-/m1/s1. The van der Waals surface area contributed by atoms with Gasteiger partial charge in [-0.05, 0) is 46.0 Å². The molecule has 2 aromatic rings. The number of hydrogen-bond acceptors (Lipinski definition) is 6. The van der Waals surface area contributed by atoms with Crippen molar-refractivity contribution in [3.8, 4) is 5.69 Å². The molecule has 0 aromatic carbocycles. The van der Waals surface area contributed by atoms with Crippen LogP contribution in [0.25, 0.3) is 5.69 Å². The maximum Gasteiger partial charge on any atom is 0.225 e. The van der Waals surface area contributed by atoms with E-state index in [2.05, 4.69) is 53.3 Å². The second kappa shape index (κ2) is 7.00. The molecule has 2 heterocycles. The Morgan fingerprint density at radius 3 is 2.72 bits per heavy atom. The maximum atomic E-state index is 10.2. The molecule has 3 rings (SSSR count). The molecule has 0 amide bonds. The van der Waals surface area contributed by atoms with Crippen LogP contribution in [0.3, 0.4) is 0 Å². The van der Waals surface area contributed by atoms with Crippen LogP contribution in [0.1, 0.15) is 47.0 Å². The fourth-order valence-corrected chi connectivity index (χ4v) is 3.09. The Morgan fingerprint density at radius 2 is 2.08 bits per heavy atom. The molecule has 0 aliphatic heterocycles. The number of nitrogens with one attached hydrogen (secondary N) is 2. The van der Waals surface area contributed by atoms with Crippen LogP contribution in [0.15, 0.2) is 24.9 Å². The van der Waals surface area contributed by atoms with Gasteiger partial charge >= 0.3 is 0 Å². The summed E-state index contributed by atoms with van der Waals surface area (Å²) in [6, 6.07) is 0.200. The number of aromatic nitrogens is 4. The van der Waals surface area contributed by atoms with Crippen LogP contribution in [0.5, 0.6) is 0 Å². The first kappa shape index (κ1) is 17.7. The highest BCUT2D eigenvalue weighted by Gasteiger charge is 2.27. The summed E-state index contributed by atoms with van der Waals surface area (Å²) in [5, 5.41) is 17.0. The van der Waals surface area contributed by atoms with Crippen molar-refractivity contribution in [2.45, 2.75) is 64.6 Å². The number of hydrogen-bond donors (Lipinski definition) is 3. The third-order valence-electron chi connectivity index (χ3n) is 4.53. The van der Waals surface area contributed by atoms with Gasteiger partial charge in [-0.25, -0.2) is 9.97 Å². The van der Waals surface area contributed by atoms with Gasteiger partial charge in [0.25, 0.3) is 0 Å². The quantitative estimate of drug-likeness (QED) is 0.790. The predicted octanol–water partition coefficient (Wildman–Crippen LogP) is 2.83. The van der Waals surface area contributed by atoms with Gasteiger partial charge in [0.05, 0.1) is 18.6 Å². The van der Waals surface area contributed by atoms with Gasteiger partial charge in [-0.1, -0.05) is 6.92 Å². The second-order valence-corrected chi connectivity index (χ2v) is 7.97. The molecule has 136 valence electrons. The van der Waals surface area contributed by atoms with Crippen LogP contribution >= 0.6 is 0 Å². The van der Waals surface area contributed by atoms with E-state index >= 15 is 0 Å². The van der Waals surface area contributed by atoms with Gasteiger partial charge in [-0.15, -0.1) is 0 Å². The number of nitrogens with zero attached hydrogens (tertiary/aromatic N) is 4. The molecule has 1 aliphatic rings. The summed E-state index contributed by atoms with van der Waals surface area (Å²) in [5.41, 5.74) is 0.731. The lowest BCUT2D eigenvalue weighted by molar-refractivity contribution is 0.0739. The van der Waals surface area contributed by atoms with E-state index in [0.29, 0.717) is 11.9 Å². The molecule has 1 aliphatic carbocycles. The molecule has 2 aromatic heterocycles. The molecule has 3 N–H and O–H groups in total. The average molecular weight is 344 g/mol. The lowest BCUT2D eigenvalue weighted by Gasteiger charge is -2.32. The molecule has 0 bridgehead atoms. The molecule has 3 atom stereocenters. The van der Waals surface area contributed by atoms with Crippen LogP contribution in [-0.4, -0.2) is 42.3 Å². The smallest absolute Gasteiger partial charge is 0.225 e. The van der Waals surface area contributed by atoms with Gasteiger partial charge < -0.3 is 20.3 Å². The minimum atomic E-state index is -0.267. The number of rotatable bonds is 4. The second-order valence-electron chi connectivity index (χ2n) is 7.97. The number of anilines is 2. The van der Waals surface area contributed by atoms with E-state index in [4.69, 9.17) is 0 Å². The van der Waals surface area contributed by atoms with E-state index < -0.39 is 0 Å². The molecule has 0 saturated heterocycles. The molecular weight excluding hydrogens is 316 g/mol. The Hall–Kier alpha value is -2.15. The van der Waals surface area contributed by atoms with Crippen molar-refractivity contribution in [1.29, 1.82) is 0 Å². The van der Waals surface area contributed by atoms with Crippen molar-refractivity contribution in [2.24, 2.45) is 5.92 Å². The molecule has 1 fully saturated rings. The zero-order valence-electron chi connectivity index (χ0n) is 15.4. The highest BCUT2D eigenvalue weighted by molar-refractivity contribution is 5.57. The Balaban J connectivity index is 1.87. The summed E-state index contributed by atoms with van der Waals surface area (Å²) in [6.07, 6.45) is 9.64. The SMILES string of the molecule is C[C@@H]1CC[C@@H](Nc2nc(NC(C)(C)C)ncc2-n2ccnc2)C[C@H]1O. The van der Waals surface area contributed by atoms with E-state index in [9.17, 15) is 5.11 Å². The monoisotopic (exact) mass is 344 g/mol. The summed E-state index contributed by atoms with van der Waals surface area (Å²) in [6.45, 7) is 8.33. The van der Waals surface area contributed by atoms with E-state index in [1.807, 2.05) is 10.8 Å². The molecule has 0 radical (unpaired) electrons. The largest absolute Gasteiger partial charge is 0.393 e. The third kappa shape index (κ3) is 4.48. The summed E-state index contributed by atoms with van der Waals surface area (Å²) < 4.78 is 1.89. The van der Waals surface area contributed by atoms with Crippen LogP contribution in [-0.2, 0) is 0 Å². The predicted molar refractivity (Wildman–Crippen MR) is 99.0 cm³/mol. The zero-order chi connectivity index (χ0) is 18.0. The van der Waals surface area contributed by atoms with Gasteiger partial charge in [0, 0.05) is 24.0 Å². The van der Waals surface area contributed by atoms with Crippen LogP contribution in [0.4, 0.5) is 11.8 Å². The van der Waals surface area contributed by atoms with Crippen molar-refractivity contribution in [2.75, 3.05) is 10.6 Å². The molecule has 7 nitrogen and oxygen atoms in total. The summed E-state index contributed by atoms with van der Waals surface area (Å²) >= 11 is 0. The van der Waals surface area contributed by atoms with Crippen molar-refractivity contribution < 1.29 is 5.11 Å². The van der Waals surface area contributed by atoms with Crippen molar-refractivity contribution in [3.63, 3.8) is 0 Å².